The van der Waals surface area contributed by atoms with Crippen molar-refractivity contribution in [3.63, 3.8) is 0 Å². The van der Waals surface area contributed by atoms with E-state index in [-0.39, 0.29) is 5.96 Å². The van der Waals surface area contributed by atoms with Crippen LogP contribution in [0.1, 0.15) is 26.3 Å². The molecule has 0 spiro atoms. The van der Waals surface area contributed by atoms with Crippen molar-refractivity contribution < 1.29 is 14.3 Å². The first-order valence-electron chi connectivity index (χ1n) is 6.83. The molecule has 5 N–H and O–H groups in total. The normalized spacial score (nSPS) is 12.1. The van der Waals surface area contributed by atoms with Crippen LogP contribution in [0.2, 0.25) is 0 Å². The number of carbonyl (C=O) groups is 2. The minimum absolute atomic E-state index is 0.0230. The Hall–Kier alpha value is -2.57. The number of amides is 1. The van der Waals surface area contributed by atoms with Crippen LogP contribution >= 0.6 is 0 Å². The van der Waals surface area contributed by atoms with Crippen LogP contribution in [0.15, 0.2) is 29.3 Å². The molecule has 22 heavy (non-hydrogen) atoms. The van der Waals surface area contributed by atoms with Gasteiger partial charge in [-0.3, -0.25) is 0 Å². The molecule has 0 radical (unpaired) electrons. The molecule has 0 aliphatic carbocycles. The molecule has 0 saturated carbocycles. The lowest BCUT2D eigenvalue weighted by Crippen LogP contribution is -2.41. The number of aldehydes is 1. The summed E-state index contributed by atoms with van der Waals surface area (Å²) >= 11 is 0. The zero-order valence-corrected chi connectivity index (χ0v) is 13.0. The van der Waals surface area contributed by atoms with Crippen molar-refractivity contribution in [2.75, 3.05) is 0 Å². The Kier molecular flexibility index (Phi) is 5.91. The highest BCUT2D eigenvalue weighted by Crippen LogP contribution is 2.14. The quantitative estimate of drug-likeness (QED) is 0.429. The van der Waals surface area contributed by atoms with Crippen LogP contribution in [0.4, 0.5) is 10.5 Å². The topological polar surface area (TPSA) is 120 Å². The maximum Gasteiger partial charge on any atom is 0.408 e. The van der Waals surface area contributed by atoms with Gasteiger partial charge in [0.15, 0.2) is 5.96 Å². The van der Waals surface area contributed by atoms with Gasteiger partial charge in [-0.2, -0.15) is 0 Å². The van der Waals surface area contributed by atoms with Crippen molar-refractivity contribution >= 4 is 24.0 Å². The monoisotopic (exact) mass is 306 g/mol. The lowest BCUT2D eigenvalue weighted by Gasteiger charge is -2.21. The maximum absolute atomic E-state index is 11.7. The molecule has 0 aliphatic rings. The summed E-state index contributed by atoms with van der Waals surface area (Å²) in [6.07, 6.45) is 0.403. The maximum atomic E-state index is 11.7. The van der Waals surface area contributed by atoms with E-state index in [0.717, 1.165) is 5.56 Å². The highest BCUT2D eigenvalue weighted by Gasteiger charge is 2.19. The highest BCUT2D eigenvalue weighted by atomic mass is 16.6. The second-order valence-corrected chi connectivity index (χ2v) is 5.80. The Bertz CT molecular complexity index is 543. The molecular formula is C15H22N4O3. The number of benzene rings is 1. The number of alkyl carbamates (subject to hydrolysis) is 1. The average molecular weight is 306 g/mol. The number of hydrogen-bond acceptors (Lipinski definition) is 4. The molecular weight excluding hydrogens is 284 g/mol. The van der Waals surface area contributed by atoms with Crippen LogP contribution in [-0.4, -0.2) is 30.0 Å². The van der Waals surface area contributed by atoms with Gasteiger partial charge >= 0.3 is 6.09 Å². The smallest absolute Gasteiger partial charge is 0.408 e. The van der Waals surface area contributed by atoms with Gasteiger partial charge in [0.1, 0.15) is 11.9 Å². The Morgan fingerprint density at radius 3 is 2.36 bits per heavy atom. The van der Waals surface area contributed by atoms with Crippen molar-refractivity contribution in [1.29, 1.82) is 0 Å². The van der Waals surface area contributed by atoms with E-state index in [0.29, 0.717) is 18.4 Å². The molecule has 1 rings (SSSR count). The zero-order chi connectivity index (χ0) is 16.8. The van der Waals surface area contributed by atoms with E-state index in [1.54, 1.807) is 45.0 Å². The summed E-state index contributed by atoms with van der Waals surface area (Å²) in [5.74, 6) is -0.0230. The van der Waals surface area contributed by atoms with Gasteiger partial charge in [0, 0.05) is 0 Å². The van der Waals surface area contributed by atoms with Crippen LogP contribution in [0, 0.1) is 0 Å². The van der Waals surface area contributed by atoms with E-state index in [1.165, 1.54) is 0 Å². The molecule has 0 bridgehead atoms. The van der Waals surface area contributed by atoms with E-state index >= 15 is 0 Å². The third kappa shape index (κ3) is 6.74. The predicted octanol–water partition coefficient (Wildman–Crippen LogP) is 1.23. The number of hydrogen-bond donors (Lipinski definition) is 3. The Morgan fingerprint density at radius 1 is 1.32 bits per heavy atom. The van der Waals surface area contributed by atoms with Gasteiger partial charge in [0.05, 0.1) is 11.7 Å². The molecule has 0 heterocycles. The first kappa shape index (κ1) is 17.5. The van der Waals surface area contributed by atoms with Gasteiger partial charge in [-0.05, 0) is 44.9 Å². The number of ether oxygens (including phenoxy) is 1. The summed E-state index contributed by atoms with van der Waals surface area (Å²) in [6.45, 7) is 5.26. The summed E-state index contributed by atoms with van der Waals surface area (Å²) in [6, 6.07) is 6.36. The number of aliphatic imine (C=N–C) groups is 1. The molecule has 0 aliphatic heterocycles. The molecule has 7 nitrogen and oxygen atoms in total. The predicted molar refractivity (Wildman–Crippen MR) is 84.8 cm³/mol. The first-order valence-corrected chi connectivity index (χ1v) is 6.83. The number of carbonyl (C=O) groups excluding carboxylic acids is 2. The van der Waals surface area contributed by atoms with E-state index in [2.05, 4.69) is 10.3 Å². The van der Waals surface area contributed by atoms with Crippen LogP contribution in [0.5, 0.6) is 0 Å². The van der Waals surface area contributed by atoms with Crippen molar-refractivity contribution in [2.24, 2.45) is 16.5 Å². The Morgan fingerprint density at radius 2 is 1.91 bits per heavy atom. The largest absolute Gasteiger partial charge is 0.444 e. The molecule has 0 fully saturated rings. The van der Waals surface area contributed by atoms with Crippen molar-refractivity contribution in [3.8, 4) is 0 Å². The van der Waals surface area contributed by atoms with Gasteiger partial charge < -0.3 is 26.3 Å². The fourth-order valence-corrected chi connectivity index (χ4v) is 1.70. The minimum atomic E-state index is -0.663. The molecule has 1 unspecified atom stereocenters. The van der Waals surface area contributed by atoms with E-state index in [1.807, 2.05) is 0 Å². The fourth-order valence-electron chi connectivity index (χ4n) is 1.70. The van der Waals surface area contributed by atoms with Crippen LogP contribution in [-0.2, 0) is 16.0 Å². The number of nitrogens with one attached hydrogen (secondary N) is 1. The first-order chi connectivity index (χ1) is 10.2. The molecule has 7 heteroatoms. The molecule has 0 saturated heterocycles. The fraction of sp³-hybridized carbons (Fsp3) is 0.400. The summed E-state index contributed by atoms with van der Waals surface area (Å²) in [5, 5.41) is 2.52. The molecule has 120 valence electrons. The number of nitrogens with zero attached hydrogens (tertiary/aromatic N) is 1. The molecule has 1 atom stereocenters. The molecule has 1 aromatic rings. The zero-order valence-electron chi connectivity index (χ0n) is 13.0. The summed E-state index contributed by atoms with van der Waals surface area (Å²) < 4.78 is 5.12. The van der Waals surface area contributed by atoms with Gasteiger partial charge in [0.2, 0.25) is 0 Å². The van der Waals surface area contributed by atoms with Gasteiger partial charge in [0.25, 0.3) is 0 Å². The van der Waals surface area contributed by atoms with Gasteiger partial charge in [-0.25, -0.2) is 9.79 Å². The summed E-state index contributed by atoms with van der Waals surface area (Å²) in [4.78, 5) is 26.7. The lowest BCUT2D eigenvalue weighted by molar-refractivity contribution is -0.109. The Labute approximate surface area is 129 Å². The van der Waals surface area contributed by atoms with Gasteiger partial charge in [-0.15, -0.1) is 0 Å². The highest BCUT2D eigenvalue weighted by molar-refractivity contribution is 5.79. The van der Waals surface area contributed by atoms with Crippen LogP contribution in [0.25, 0.3) is 0 Å². The second kappa shape index (κ2) is 7.44. The SMILES string of the molecule is CC(C)(C)OC(=O)NC(C=O)Cc1ccc(N=C(N)N)cc1. The summed E-state index contributed by atoms with van der Waals surface area (Å²) in [5.41, 5.74) is 11.4. The summed E-state index contributed by atoms with van der Waals surface area (Å²) in [7, 11) is 0. The van der Waals surface area contributed by atoms with E-state index < -0.39 is 17.7 Å². The van der Waals surface area contributed by atoms with Crippen molar-refractivity contribution in [1.82, 2.24) is 5.32 Å². The Balaban J connectivity index is 2.64. The number of rotatable bonds is 5. The molecule has 1 amide bonds. The third-order valence-corrected chi connectivity index (χ3v) is 2.52. The van der Waals surface area contributed by atoms with Crippen LogP contribution < -0.4 is 16.8 Å². The van der Waals surface area contributed by atoms with Gasteiger partial charge in [-0.1, -0.05) is 12.1 Å². The van der Waals surface area contributed by atoms with Crippen molar-refractivity contribution in [3.05, 3.63) is 29.8 Å². The van der Waals surface area contributed by atoms with Crippen molar-refractivity contribution in [2.45, 2.75) is 38.8 Å². The van der Waals surface area contributed by atoms with E-state index in [4.69, 9.17) is 16.2 Å². The average Bonchev–Trinajstić information content (AvgIpc) is 2.37. The standard InChI is InChI=1S/C15H22N4O3/c1-15(2,3)22-14(21)19-12(9-20)8-10-4-6-11(7-5-10)18-13(16)17/h4-7,9,12H,8H2,1-3H3,(H,19,21)(H4,16,17,18). The molecule has 0 aromatic heterocycles. The number of nitrogens with two attached hydrogens (primary N) is 2. The second-order valence-electron chi connectivity index (χ2n) is 5.80. The minimum Gasteiger partial charge on any atom is -0.444 e. The third-order valence-electron chi connectivity index (χ3n) is 2.52. The van der Waals surface area contributed by atoms with E-state index in [9.17, 15) is 9.59 Å². The van der Waals surface area contributed by atoms with Crippen LogP contribution in [0.3, 0.4) is 0 Å². The lowest BCUT2D eigenvalue weighted by atomic mass is 10.1. The molecule has 1 aromatic carbocycles. The number of guanidine groups is 1.